The summed E-state index contributed by atoms with van der Waals surface area (Å²) < 4.78 is 5.54. The minimum atomic E-state index is 0.0750. The summed E-state index contributed by atoms with van der Waals surface area (Å²) >= 11 is 5.73. The van der Waals surface area contributed by atoms with E-state index in [1.807, 2.05) is 12.1 Å². The first kappa shape index (κ1) is 8.94. The first-order valence-electron chi connectivity index (χ1n) is 4.30. The second kappa shape index (κ2) is 4.05. The Kier molecular flexibility index (Phi) is 2.78. The average Bonchev–Trinajstić information content (AvgIpc) is 2.20. The number of pyridine rings is 1. The van der Waals surface area contributed by atoms with Gasteiger partial charge in [-0.05, 0) is 12.1 Å². The van der Waals surface area contributed by atoms with Crippen molar-refractivity contribution < 1.29 is 4.74 Å². The lowest BCUT2D eigenvalue weighted by Crippen LogP contribution is -2.33. The fourth-order valence-electron chi connectivity index (χ4n) is 1.33. The van der Waals surface area contributed by atoms with Crippen LogP contribution in [-0.2, 0) is 4.74 Å². The zero-order chi connectivity index (χ0) is 9.10. The lowest BCUT2D eigenvalue weighted by Gasteiger charge is -2.22. The smallest absolute Gasteiger partial charge is 0.112 e. The summed E-state index contributed by atoms with van der Waals surface area (Å²) in [6.07, 6.45) is 1.72. The van der Waals surface area contributed by atoms with Crippen LogP contribution in [0.5, 0.6) is 0 Å². The van der Waals surface area contributed by atoms with Crippen molar-refractivity contribution in [2.45, 2.75) is 6.10 Å². The third-order valence-electron chi connectivity index (χ3n) is 2.01. The van der Waals surface area contributed by atoms with Crippen LogP contribution in [0.1, 0.15) is 11.8 Å². The maximum Gasteiger partial charge on any atom is 0.112 e. The third-order valence-corrected chi connectivity index (χ3v) is 2.23. The molecule has 1 fully saturated rings. The van der Waals surface area contributed by atoms with E-state index in [9.17, 15) is 0 Å². The van der Waals surface area contributed by atoms with Crippen molar-refractivity contribution >= 4 is 11.6 Å². The van der Waals surface area contributed by atoms with Gasteiger partial charge in [-0.2, -0.15) is 0 Å². The topological polar surface area (TPSA) is 34.1 Å². The van der Waals surface area contributed by atoms with E-state index in [0.29, 0.717) is 5.02 Å². The number of ether oxygens (including phenoxy) is 1. The van der Waals surface area contributed by atoms with Crippen LogP contribution in [-0.4, -0.2) is 24.7 Å². The second-order valence-electron chi connectivity index (χ2n) is 2.96. The number of hydrogen-bond donors (Lipinski definition) is 1. The summed E-state index contributed by atoms with van der Waals surface area (Å²) in [7, 11) is 0. The molecule has 0 amide bonds. The lowest BCUT2D eigenvalue weighted by atomic mass is 10.2. The van der Waals surface area contributed by atoms with E-state index in [-0.39, 0.29) is 6.10 Å². The van der Waals surface area contributed by atoms with Gasteiger partial charge in [-0.15, -0.1) is 0 Å². The van der Waals surface area contributed by atoms with Crippen molar-refractivity contribution in [1.82, 2.24) is 10.3 Å². The molecule has 0 saturated carbocycles. The molecule has 1 saturated heterocycles. The van der Waals surface area contributed by atoms with Crippen molar-refractivity contribution in [3.8, 4) is 0 Å². The molecule has 1 aromatic heterocycles. The molecule has 2 rings (SSSR count). The van der Waals surface area contributed by atoms with Gasteiger partial charge in [-0.25, -0.2) is 0 Å². The fourth-order valence-corrected chi connectivity index (χ4v) is 1.44. The highest BCUT2D eigenvalue weighted by molar-refractivity contribution is 6.30. The van der Waals surface area contributed by atoms with E-state index >= 15 is 0 Å². The van der Waals surface area contributed by atoms with Crippen LogP contribution in [0.4, 0.5) is 0 Å². The number of nitrogens with one attached hydrogen (secondary N) is 1. The molecule has 70 valence electrons. The Hall–Kier alpha value is -0.640. The molecule has 1 aromatic rings. The summed E-state index contributed by atoms with van der Waals surface area (Å²) in [5.41, 5.74) is 0.941. The van der Waals surface area contributed by atoms with Gasteiger partial charge in [0.05, 0.1) is 17.3 Å². The second-order valence-corrected chi connectivity index (χ2v) is 3.40. The van der Waals surface area contributed by atoms with Crippen LogP contribution >= 0.6 is 11.6 Å². The molecule has 3 nitrogen and oxygen atoms in total. The Labute approximate surface area is 82.1 Å². The van der Waals surface area contributed by atoms with Crippen molar-refractivity contribution in [1.29, 1.82) is 0 Å². The van der Waals surface area contributed by atoms with Gasteiger partial charge in [-0.3, -0.25) is 4.98 Å². The summed E-state index contributed by atoms with van der Waals surface area (Å²) in [4.78, 5) is 4.20. The molecule has 0 aromatic carbocycles. The molecule has 1 N–H and O–H groups in total. The van der Waals surface area contributed by atoms with E-state index in [1.54, 1.807) is 6.20 Å². The molecular weight excluding hydrogens is 188 g/mol. The highest BCUT2D eigenvalue weighted by Gasteiger charge is 2.16. The Balaban J connectivity index is 2.10. The van der Waals surface area contributed by atoms with E-state index < -0.39 is 0 Å². The van der Waals surface area contributed by atoms with Gasteiger partial charge < -0.3 is 10.1 Å². The Morgan fingerprint density at radius 2 is 2.46 bits per heavy atom. The van der Waals surface area contributed by atoms with Crippen LogP contribution in [0.3, 0.4) is 0 Å². The largest absolute Gasteiger partial charge is 0.369 e. The van der Waals surface area contributed by atoms with E-state index in [1.165, 1.54) is 0 Å². The normalized spacial score (nSPS) is 23.0. The molecule has 0 bridgehead atoms. The van der Waals surface area contributed by atoms with Gasteiger partial charge in [0.25, 0.3) is 0 Å². The maximum atomic E-state index is 5.73. The number of nitrogens with zero attached hydrogens (tertiary/aromatic N) is 1. The molecule has 4 heteroatoms. The summed E-state index contributed by atoms with van der Waals surface area (Å²) in [5.74, 6) is 0. The summed E-state index contributed by atoms with van der Waals surface area (Å²) in [5, 5.41) is 3.91. The van der Waals surface area contributed by atoms with E-state index in [0.717, 1.165) is 25.4 Å². The monoisotopic (exact) mass is 198 g/mol. The Bertz CT molecular complexity index is 269. The predicted molar refractivity (Wildman–Crippen MR) is 50.8 cm³/mol. The first-order chi connectivity index (χ1) is 6.36. The standard InChI is InChI=1S/C9H11ClN2O/c10-7-1-2-8(12-5-7)9-6-11-3-4-13-9/h1-2,5,9,11H,3-4,6H2. The predicted octanol–water partition coefficient (Wildman–Crippen LogP) is 1.40. The van der Waals surface area contributed by atoms with Crippen molar-refractivity contribution in [3.05, 3.63) is 29.0 Å². The van der Waals surface area contributed by atoms with Gasteiger partial charge in [0, 0.05) is 19.3 Å². The van der Waals surface area contributed by atoms with E-state index in [2.05, 4.69) is 10.3 Å². The number of morpholine rings is 1. The summed E-state index contributed by atoms with van der Waals surface area (Å²) in [6, 6.07) is 3.74. The molecule has 0 aliphatic carbocycles. The van der Waals surface area contributed by atoms with Gasteiger partial charge in [-0.1, -0.05) is 11.6 Å². The number of aromatic nitrogens is 1. The van der Waals surface area contributed by atoms with Crippen LogP contribution in [0.2, 0.25) is 5.02 Å². The van der Waals surface area contributed by atoms with Gasteiger partial charge in [0.15, 0.2) is 0 Å². The van der Waals surface area contributed by atoms with Crippen LogP contribution in [0.15, 0.2) is 18.3 Å². The van der Waals surface area contributed by atoms with Crippen molar-refractivity contribution in [2.24, 2.45) is 0 Å². The molecule has 1 aliphatic heterocycles. The summed E-state index contributed by atoms with van der Waals surface area (Å²) in [6.45, 7) is 2.49. The molecule has 1 aliphatic rings. The van der Waals surface area contributed by atoms with Crippen molar-refractivity contribution in [2.75, 3.05) is 19.7 Å². The minimum Gasteiger partial charge on any atom is -0.369 e. The highest BCUT2D eigenvalue weighted by atomic mass is 35.5. The highest BCUT2D eigenvalue weighted by Crippen LogP contribution is 2.17. The Morgan fingerprint density at radius 1 is 1.54 bits per heavy atom. The zero-order valence-electron chi connectivity index (χ0n) is 7.16. The molecule has 0 radical (unpaired) electrons. The van der Waals surface area contributed by atoms with Crippen LogP contribution in [0, 0.1) is 0 Å². The number of rotatable bonds is 1. The first-order valence-corrected chi connectivity index (χ1v) is 4.68. The minimum absolute atomic E-state index is 0.0750. The third kappa shape index (κ3) is 2.18. The Morgan fingerprint density at radius 3 is 3.08 bits per heavy atom. The van der Waals surface area contributed by atoms with Crippen molar-refractivity contribution in [3.63, 3.8) is 0 Å². The fraction of sp³-hybridized carbons (Fsp3) is 0.444. The van der Waals surface area contributed by atoms with Gasteiger partial charge in [0.1, 0.15) is 6.10 Å². The van der Waals surface area contributed by atoms with Crippen LogP contribution < -0.4 is 5.32 Å². The quantitative estimate of drug-likeness (QED) is 0.741. The zero-order valence-corrected chi connectivity index (χ0v) is 7.92. The number of halogens is 1. The molecule has 1 unspecified atom stereocenters. The van der Waals surface area contributed by atoms with Gasteiger partial charge in [0.2, 0.25) is 0 Å². The molecule has 1 atom stereocenters. The molecule has 13 heavy (non-hydrogen) atoms. The van der Waals surface area contributed by atoms with E-state index in [4.69, 9.17) is 16.3 Å². The molecular formula is C9H11ClN2O. The lowest BCUT2D eigenvalue weighted by molar-refractivity contribution is 0.0250. The maximum absolute atomic E-state index is 5.73. The number of hydrogen-bond acceptors (Lipinski definition) is 3. The molecule has 2 heterocycles. The SMILES string of the molecule is Clc1ccc(C2CNCCO2)nc1. The van der Waals surface area contributed by atoms with Gasteiger partial charge >= 0.3 is 0 Å². The van der Waals surface area contributed by atoms with Crippen LogP contribution in [0.25, 0.3) is 0 Å². The average molecular weight is 199 g/mol. The molecule has 0 spiro atoms.